The lowest BCUT2D eigenvalue weighted by molar-refractivity contribution is 0.126. The molecular formula is C7H16F2N2O2S. The van der Waals surface area contributed by atoms with E-state index in [4.69, 9.17) is 5.73 Å². The van der Waals surface area contributed by atoms with E-state index in [0.29, 0.717) is 10.7 Å². The van der Waals surface area contributed by atoms with Crippen LogP contribution in [0, 0.1) is 0 Å². The molecule has 0 spiro atoms. The van der Waals surface area contributed by atoms with Gasteiger partial charge in [-0.2, -0.15) is 4.31 Å². The number of rotatable bonds is 6. The molecule has 0 heterocycles. The molecule has 7 heteroatoms. The third-order valence-electron chi connectivity index (χ3n) is 1.97. The molecule has 0 bridgehead atoms. The van der Waals surface area contributed by atoms with Gasteiger partial charge in [0.2, 0.25) is 10.0 Å². The van der Waals surface area contributed by atoms with Gasteiger partial charge in [0.1, 0.15) is 0 Å². The van der Waals surface area contributed by atoms with Crippen LogP contribution >= 0.6 is 0 Å². The highest BCUT2D eigenvalue weighted by molar-refractivity contribution is 7.89. The Bertz CT molecular complexity index is 252. The predicted molar refractivity (Wildman–Crippen MR) is 50.7 cm³/mol. The molecule has 4 nitrogen and oxygen atoms in total. The highest BCUT2D eigenvalue weighted by Gasteiger charge is 2.28. The Morgan fingerprint density at radius 1 is 1.43 bits per heavy atom. The van der Waals surface area contributed by atoms with Crippen LogP contribution in [0.3, 0.4) is 0 Å². The molecule has 1 atom stereocenters. The standard InChI is InChI=1S/C7H16F2N2O2S/c1-3-6(4-10)14(12,13)11(2)5-7(8)9/h6-7H,3-5,10H2,1-2H3. The van der Waals surface area contributed by atoms with E-state index in [2.05, 4.69) is 0 Å². The van der Waals surface area contributed by atoms with Crippen LogP contribution in [0.4, 0.5) is 8.78 Å². The Kier molecular flexibility index (Phi) is 5.46. The molecule has 0 aromatic heterocycles. The van der Waals surface area contributed by atoms with Gasteiger partial charge in [-0.3, -0.25) is 0 Å². The highest BCUT2D eigenvalue weighted by atomic mass is 32.2. The van der Waals surface area contributed by atoms with Crippen LogP contribution in [0.25, 0.3) is 0 Å². The average molecular weight is 230 g/mol. The van der Waals surface area contributed by atoms with E-state index >= 15 is 0 Å². The van der Waals surface area contributed by atoms with Gasteiger partial charge in [-0.1, -0.05) is 6.92 Å². The minimum atomic E-state index is -3.67. The Morgan fingerprint density at radius 3 is 2.21 bits per heavy atom. The van der Waals surface area contributed by atoms with Gasteiger partial charge in [0, 0.05) is 13.6 Å². The van der Waals surface area contributed by atoms with Crippen LogP contribution in [0.15, 0.2) is 0 Å². The Morgan fingerprint density at radius 2 is 1.93 bits per heavy atom. The van der Waals surface area contributed by atoms with Gasteiger partial charge in [-0.05, 0) is 6.42 Å². The maximum atomic E-state index is 11.9. The predicted octanol–water partition coefficient (Wildman–Crippen LogP) is 0.250. The Balaban J connectivity index is 4.59. The largest absolute Gasteiger partial charge is 0.329 e. The van der Waals surface area contributed by atoms with Crippen LogP contribution in [-0.2, 0) is 10.0 Å². The fourth-order valence-electron chi connectivity index (χ4n) is 1.05. The molecule has 0 saturated carbocycles. The number of sulfonamides is 1. The van der Waals surface area contributed by atoms with Crippen molar-refractivity contribution in [2.24, 2.45) is 5.73 Å². The number of halogens is 2. The SMILES string of the molecule is CCC(CN)S(=O)(=O)N(C)CC(F)F. The van der Waals surface area contributed by atoms with Crippen LogP contribution in [0.5, 0.6) is 0 Å². The van der Waals surface area contributed by atoms with Gasteiger partial charge >= 0.3 is 0 Å². The molecule has 0 aliphatic carbocycles. The maximum absolute atomic E-state index is 11.9. The van der Waals surface area contributed by atoms with Crippen molar-refractivity contribution in [3.05, 3.63) is 0 Å². The van der Waals surface area contributed by atoms with Crippen molar-refractivity contribution in [1.82, 2.24) is 4.31 Å². The number of hydrogen-bond acceptors (Lipinski definition) is 3. The lowest BCUT2D eigenvalue weighted by Crippen LogP contribution is -2.41. The summed E-state index contributed by atoms with van der Waals surface area (Å²) in [5.41, 5.74) is 5.24. The second kappa shape index (κ2) is 5.57. The van der Waals surface area contributed by atoms with Crippen LogP contribution in [-0.4, -0.2) is 44.5 Å². The molecule has 0 aromatic rings. The van der Waals surface area contributed by atoms with Crippen molar-refractivity contribution >= 4 is 10.0 Å². The first kappa shape index (κ1) is 13.7. The maximum Gasteiger partial charge on any atom is 0.252 e. The van der Waals surface area contributed by atoms with Gasteiger partial charge in [0.15, 0.2) is 0 Å². The molecule has 1 unspecified atom stereocenters. The van der Waals surface area contributed by atoms with E-state index < -0.39 is 28.2 Å². The molecule has 2 N–H and O–H groups in total. The summed E-state index contributed by atoms with van der Waals surface area (Å²) in [6.07, 6.45) is -2.34. The summed E-state index contributed by atoms with van der Waals surface area (Å²) in [5, 5.41) is -0.772. The van der Waals surface area contributed by atoms with E-state index in [1.165, 1.54) is 0 Å². The minimum absolute atomic E-state index is 0.0492. The van der Waals surface area contributed by atoms with Crippen molar-refractivity contribution in [3.8, 4) is 0 Å². The van der Waals surface area contributed by atoms with Crippen LogP contribution in [0.1, 0.15) is 13.3 Å². The normalized spacial score (nSPS) is 15.1. The van der Waals surface area contributed by atoms with Crippen molar-refractivity contribution in [1.29, 1.82) is 0 Å². The van der Waals surface area contributed by atoms with Crippen LogP contribution < -0.4 is 5.73 Å². The molecule has 0 amide bonds. The third kappa shape index (κ3) is 3.47. The number of hydrogen-bond donors (Lipinski definition) is 1. The van der Waals surface area contributed by atoms with Gasteiger partial charge in [0.25, 0.3) is 6.43 Å². The third-order valence-corrected chi connectivity index (χ3v) is 4.36. The van der Waals surface area contributed by atoms with E-state index in [-0.39, 0.29) is 6.54 Å². The first-order valence-electron chi connectivity index (χ1n) is 4.29. The van der Waals surface area contributed by atoms with Crippen LogP contribution in [0.2, 0.25) is 0 Å². The van der Waals surface area contributed by atoms with E-state index in [1.54, 1.807) is 6.92 Å². The highest BCUT2D eigenvalue weighted by Crippen LogP contribution is 2.11. The fourth-order valence-corrected chi connectivity index (χ4v) is 2.55. The molecule has 14 heavy (non-hydrogen) atoms. The summed E-state index contributed by atoms with van der Waals surface area (Å²) in [5.74, 6) is 0. The zero-order chi connectivity index (χ0) is 11.4. The topological polar surface area (TPSA) is 63.4 Å². The van der Waals surface area contributed by atoms with E-state index in [9.17, 15) is 17.2 Å². The summed E-state index contributed by atoms with van der Waals surface area (Å²) in [6.45, 7) is 0.830. The van der Waals surface area contributed by atoms with Gasteiger partial charge in [-0.15, -0.1) is 0 Å². The summed E-state index contributed by atoms with van der Waals surface area (Å²) in [7, 11) is -2.53. The van der Waals surface area contributed by atoms with Gasteiger partial charge in [-0.25, -0.2) is 17.2 Å². The Labute approximate surface area is 83.1 Å². The van der Waals surface area contributed by atoms with E-state index in [1.807, 2.05) is 0 Å². The molecule has 0 aromatic carbocycles. The summed E-state index contributed by atoms with van der Waals surface area (Å²) >= 11 is 0. The summed E-state index contributed by atoms with van der Waals surface area (Å²) < 4.78 is 47.6. The zero-order valence-corrected chi connectivity index (χ0v) is 9.10. The smallest absolute Gasteiger partial charge is 0.252 e. The molecule has 0 rings (SSSR count). The Hall–Kier alpha value is -0.270. The summed E-state index contributed by atoms with van der Waals surface area (Å²) in [6, 6.07) is 0. The lowest BCUT2D eigenvalue weighted by Gasteiger charge is -2.22. The number of nitrogens with two attached hydrogens (primary N) is 1. The molecule has 0 saturated heterocycles. The molecule has 0 aliphatic rings. The van der Waals surface area contributed by atoms with Gasteiger partial charge in [0.05, 0.1) is 11.8 Å². The molecule has 86 valence electrons. The quantitative estimate of drug-likeness (QED) is 0.711. The minimum Gasteiger partial charge on any atom is -0.329 e. The first-order chi connectivity index (χ1) is 6.36. The zero-order valence-electron chi connectivity index (χ0n) is 8.28. The second-order valence-corrected chi connectivity index (χ2v) is 5.30. The molecular weight excluding hydrogens is 214 g/mol. The molecule has 0 fully saturated rings. The average Bonchev–Trinajstić information content (AvgIpc) is 2.04. The van der Waals surface area contributed by atoms with Crippen molar-refractivity contribution in [2.75, 3.05) is 20.1 Å². The lowest BCUT2D eigenvalue weighted by atomic mass is 10.3. The molecule has 0 radical (unpaired) electrons. The summed E-state index contributed by atoms with van der Waals surface area (Å²) in [4.78, 5) is 0. The second-order valence-electron chi connectivity index (χ2n) is 2.98. The van der Waals surface area contributed by atoms with Crippen molar-refractivity contribution < 1.29 is 17.2 Å². The number of alkyl halides is 2. The van der Waals surface area contributed by atoms with Crippen molar-refractivity contribution in [2.45, 2.75) is 25.0 Å². The van der Waals surface area contributed by atoms with E-state index in [0.717, 1.165) is 7.05 Å². The first-order valence-corrected chi connectivity index (χ1v) is 5.79. The van der Waals surface area contributed by atoms with Crippen molar-refractivity contribution in [3.63, 3.8) is 0 Å². The monoisotopic (exact) mass is 230 g/mol. The van der Waals surface area contributed by atoms with Gasteiger partial charge < -0.3 is 5.73 Å². The molecule has 0 aliphatic heterocycles. The number of nitrogens with zero attached hydrogens (tertiary/aromatic N) is 1. The fraction of sp³-hybridized carbons (Fsp3) is 1.00.